The minimum absolute atomic E-state index is 0.0538. The fraction of sp³-hybridized carbons (Fsp3) is 0.533. The molecule has 23 heavy (non-hydrogen) atoms. The predicted molar refractivity (Wildman–Crippen MR) is 95.2 cm³/mol. The van der Waals surface area contributed by atoms with Crippen LogP contribution in [0, 0.1) is 4.77 Å². The summed E-state index contributed by atoms with van der Waals surface area (Å²) in [5.74, 6) is 0.775. The number of carbonyl (C=O) groups is 1. The van der Waals surface area contributed by atoms with Crippen LogP contribution < -0.4 is 5.32 Å². The van der Waals surface area contributed by atoms with Crippen molar-refractivity contribution in [2.45, 2.75) is 32.4 Å². The van der Waals surface area contributed by atoms with Crippen LogP contribution in [0.5, 0.6) is 0 Å². The topological polar surface area (TPSA) is 66.0 Å². The van der Waals surface area contributed by atoms with Gasteiger partial charge < -0.3 is 10.2 Å². The molecule has 8 heteroatoms. The van der Waals surface area contributed by atoms with Crippen molar-refractivity contribution in [3.8, 4) is 0 Å². The molecule has 0 saturated carbocycles. The van der Waals surface area contributed by atoms with Crippen molar-refractivity contribution in [1.82, 2.24) is 25.0 Å². The second-order valence-electron chi connectivity index (χ2n) is 5.62. The summed E-state index contributed by atoms with van der Waals surface area (Å²) in [5.41, 5.74) is 1.21. The highest BCUT2D eigenvalue weighted by atomic mass is 32.1. The minimum atomic E-state index is -0.0538. The Balaban J connectivity index is 1.97. The lowest BCUT2D eigenvalue weighted by Crippen LogP contribution is -2.36. The third kappa shape index (κ3) is 4.73. The molecule has 2 rings (SSSR count). The quantitative estimate of drug-likeness (QED) is 0.715. The predicted octanol–water partition coefficient (Wildman–Crippen LogP) is 2.37. The van der Waals surface area contributed by atoms with Crippen molar-refractivity contribution in [2.75, 3.05) is 20.6 Å². The van der Waals surface area contributed by atoms with Crippen LogP contribution in [0.1, 0.15) is 30.8 Å². The van der Waals surface area contributed by atoms with Crippen molar-refractivity contribution in [3.05, 3.63) is 33.0 Å². The zero-order valence-electron chi connectivity index (χ0n) is 13.7. The standard InChI is InChI=1S/C15H23N5OS2/c1-4-5-13-17-18-15(22)20(13)9-14(21)16-8-12(19(2)3)11-6-7-23-10-11/h6-7,10,12H,4-5,8-9H2,1-3H3,(H,16,21)(H,18,22). The van der Waals surface area contributed by atoms with Crippen molar-refractivity contribution in [2.24, 2.45) is 0 Å². The number of aryl methyl sites for hydroxylation is 1. The van der Waals surface area contributed by atoms with Gasteiger partial charge in [-0.25, -0.2) is 0 Å². The molecule has 0 aliphatic carbocycles. The van der Waals surface area contributed by atoms with E-state index < -0.39 is 0 Å². The first-order chi connectivity index (χ1) is 11.0. The number of likely N-dealkylation sites (N-methyl/N-ethyl adjacent to an activating group) is 1. The van der Waals surface area contributed by atoms with Gasteiger partial charge in [0, 0.05) is 13.0 Å². The van der Waals surface area contributed by atoms with Crippen molar-refractivity contribution >= 4 is 29.5 Å². The number of hydrogen-bond donors (Lipinski definition) is 2. The van der Waals surface area contributed by atoms with Crippen LogP contribution in [0.2, 0.25) is 0 Å². The summed E-state index contributed by atoms with van der Waals surface area (Å²) in [6.45, 7) is 2.84. The molecule has 2 N–H and O–H groups in total. The van der Waals surface area contributed by atoms with Crippen molar-refractivity contribution < 1.29 is 4.79 Å². The molecule has 1 unspecified atom stereocenters. The lowest BCUT2D eigenvalue weighted by molar-refractivity contribution is -0.121. The SMILES string of the molecule is CCCc1n[nH]c(=S)n1CC(=O)NCC(c1ccsc1)N(C)C. The summed E-state index contributed by atoms with van der Waals surface area (Å²) in [5, 5.41) is 14.1. The van der Waals surface area contributed by atoms with Crippen molar-refractivity contribution in [1.29, 1.82) is 0 Å². The third-order valence-electron chi connectivity index (χ3n) is 3.66. The Morgan fingerprint density at radius 3 is 2.96 bits per heavy atom. The van der Waals surface area contributed by atoms with Crippen LogP contribution in [0.25, 0.3) is 0 Å². The van der Waals surface area contributed by atoms with Gasteiger partial charge in [-0.2, -0.15) is 16.4 Å². The second kappa shape index (κ2) is 8.37. The summed E-state index contributed by atoms with van der Waals surface area (Å²) in [6.07, 6.45) is 1.76. The van der Waals surface area contributed by atoms with E-state index in [9.17, 15) is 4.79 Å². The van der Waals surface area contributed by atoms with Gasteiger partial charge in [-0.1, -0.05) is 6.92 Å². The molecule has 126 valence electrons. The van der Waals surface area contributed by atoms with E-state index in [-0.39, 0.29) is 18.5 Å². The first kappa shape index (κ1) is 17.8. The fourth-order valence-electron chi connectivity index (χ4n) is 2.40. The number of nitrogens with zero attached hydrogens (tertiary/aromatic N) is 3. The van der Waals surface area contributed by atoms with E-state index in [1.807, 2.05) is 14.1 Å². The molecular weight excluding hydrogens is 330 g/mol. The van der Waals surface area contributed by atoms with Gasteiger partial charge in [-0.15, -0.1) is 0 Å². The van der Waals surface area contributed by atoms with E-state index in [1.54, 1.807) is 15.9 Å². The van der Waals surface area contributed by atoms with Crippen LogP contribution in [-0.2, 0) is 17.8 Å². The van der Waals surface area contributed by atoms with Crippen LogP contribution in [0.4, 0.5) is 0 Å². The normalized spacial score (nSPS) is 12.5. The van der Waals surface area contributed by atoms with E-state index >= 15 is 0 Å². The number of aromatic amines is 1. The van der Waals surface area contributed by atoms with Gasteiger partial charge in [0.1, 0.15) is 12.4 Å². The summed E-state index contributed by atoms with van der Waals surface area (Å²) >= 11 is 6.87. The highest BCUT2D eigenvalue weighted by Crippen LogP contribution is 2.19. The molecule has 0 bridgehead atoms. The molecule has 0 saturated heterocycles. The molecule has 1 atom stereocenters. The molecular formula is C15H23N5OS2. The Kier molecular flexibility index (Phi) is 6.49. The molecule has 0 aliphatic heterocycles. The number of aromatic nitrogens is 3. The zero-order valence-corrected chi connectivity index (χ0v) is 15.3. The molecule has 1 amide bonds. The van der Waals surface area contributed by atoms with E-state index in [1.165, 1.54) is 5.56 Å². The van der Waals surface area contributed by atoms with E-state index in [4.69, 9.17) is 12.2 Å². The minimum Gasteiger partial charge on any atom is -0.353 e. The van der Waals surface area contributed by atoms with Gasteiger partial charge in [-0.05, 0) is 55.1 Å². The van der Waals surface area contributed by atoms with E-state index in [0.717, 1.165) is 18.7 Å². The van der Waals surface area contributed by atoms with Crippen molar-refractivity contribution in [3.63, 3.8) is 0 Å². The number of thiophene rings is 1. The molecule has 2 aromatic heterocycles. The largest absolute Gasteiger partial charge is 0.353 e. The maximum atomic E-state index is 12.3. The van der Waals surface area contributed by atoms with Gasteiger partial charge in [0.25, 0.3) is 0 Å². The maximum Gasteiger partial charge on any atom is 0.240 e. The number of H-pyrrole nitrogens is 1. The maximum absolute atomic E-state index is 12.3. The third-order valence-corrected chi connectivity index (χ3v) is 4.67. The molecule has 0 aliphatic rings. The summed E-state index contributed by atoms with van der Waals surface area (Å²) in [6, 6.07) is 2.25. The van der Waals surface area contributed by atoms with Crippen LogP contribution in [-0.4, -0.2) is 46.2 Å². The van der Waals surface area contributed by atoms with Crippen LogP contribution in [0.15, 0.2) is 16.8 Å². The lowest BCUT2D eigenvalue weighted by atomic mass is 10.1. The monoisotopic (exact) mass is 353 g/mol. The highest BCUT2D eigenvalue weighted by molar-refractivity contribution is 7.71. The van der Waals surface area contributed by atoms with Gasteiger partial charge in [-0.3, -0.25) is 14.5 Å². The Hall–Kier alpha value is -1.51. The fourth-order valence-corrected chi connectivity index (χ4v) is 3.32. The second-order valence-corrected chi connectivity index (χ2v) is 6.79. The van der Waals surface area contributed by atoms with E-state index in [2.05, 4.69) is 44.2 Å². The first-order valence-corrected chi connectivity index (χ1v) is 8.97. The molecule has 0 spiro atoms. The molecule has 0 fully saturated rings. The van der Waals surface area contributed by atoms with Gasteiger partial charge in [0.05, 0.1) is 6.04 Å². The summed E-state index contributed by atoms with van der Waals surface area (Å²) < 4.78 is 2.26. The van der Waals surface area contributed by atoms with Gasteiger partial charge >= 0.3 is 0 Å². The number of rotatable bonds is 8. The Bertz CT molecular complexity index is 674. The Labute approximate surface area is 145 Å². The molecule has 6 nitrogen and oxygen atoms in total. The number of amides is 1. The summed E-state index contributed by atoms with van der Waals surface area (Å²) in [7, 11) is 4.03. The number of nitrogens with one attached hydrogen (secondary N) is 2. The van der Waals surface area contributed by atoms with Gasteiger partial charge in [0.15, 0.2) is 4.77 Å². The number of carbonyl (C=O) groups excluding carboxylic acids is 1. The molecule has 0 radical (unpaired) electrons. The molecule has 2 aromatic rings. The number of hydrogen-bond acceptors (Lipinski definition) is 5. The summed E-state index contributed by atoms with van der Waals surface area (Å²) in [4.78, 5) is 14.4. The Morgan fingerprint density at radius 1 is 1.57 bits per heavy atom. The van der Waals surface area contributed by atoms with Crippen LogP contribution in [0.3, 0.4) is 0 Å². The highest BCUT2D eigenvalue weighted by Gasteiger charge is 2.16. The van der Waals surface area contributed by atoms with Gasteiger partial charge in [0.2, 0.25) is 5.91 Å². The average molecular weight is 354 g/mol. The molecule has 2 heterocycles. The van der Waals surface area contributed by atoms with E-state index in [0.29, 0.717) is 11.3 Å². The average Bonchev–Trinajstić information content (AvgIpc) is 3.13. The molecule has 0 aromatic carbocycles. The van der Waals surface area contributed by atoms with Crippen LogP contribution >= 0.6 is 23.6 Å². The first-order valence-electron chi connectivity index (χ1n) is 7.62. The Morgan fingerprint density at radius 2 is 2.35 bits per heavy atom. The smallest absolute Gasteiger partial charge is 0.240 e. The zero-order chi connectivity index (χ0) is 16.8. The lowest BCUT2D eigenvalue weighted by Gasteiger charge is -2.24.